The van der Waals surface area contributed by atoms with E-state index >= 15 is 0 Å². The second kappa shape index (κ2) is 6.66. The van der Waals surface area contributed by atoms with E-state index in [0.717, 1.165) is 30.4 Å². The lowest BCUT2D eigenvalue weighted by molar-refractivity contribution is 0.0683. The molecule has 1 aliphatic heterocycles. The zero-order chi connectivity index (χ0) is 17.1. The quantitative estimate of drug-likeness (QED) is 0.925. The smallest absolute Gasteiger partial charge is 0.356 e. The zero-order valence-electron chi connectivity index (χ0n) is 13.2. The van der Waals surface area contributed by atoms with Crippen molar-refractivity contribution in [1.29, 1.82) is 0 Å². The molecule has 1 aliphatic rings. The molecule has 1 saturated heterocycles. The van der Waals surface area contributed by atoms with Gasteiger partial charge in [0.25, 0.3) is 5.91 Å². The molecule has 0 saturated carbocycles. The predicted molar refractivity (Wildman–Crippen MR) is 85.0 cm³/mol. The minimum absolute atomic E-state index is 0.0237. The van der Waals surface area contributed by atoms with Crippen LogP contribution in [0.4, 0.5) is 0 Å². The Kier molecular flexibility index (Phi) is 4.41. The molecule has 1 N–H and O–H groups in total. The Morgan fingerprint density at radius 2 is 1.83 bits per heavy atom. The second-order valence-electron chi connectivity index (χ2n) is 5.52. The molecule has 1 unspecified atom stereocenters. The van der Waals surface area contributed by atoms with E-state index < -0.39 is 5.97 Å². The normalized spacial score (nSPS) is 16.9. The Labute approximate surface area is 138 Å². The number of carboxylic acid groups (broad SMARTS) is 1. The van der Waals surface area contributed by atoms with E-state index in [0.29, 0.717) is 6.54 Å². The summed E-state index contributed by atoms with van der Waals surface area (Å²) in [7, 11) is 1.61. The van der Waals surface area contributed by atoms with Crippen LogP contribution in [0, 0.1) is 0 Å². The van der Waals surface area contributed by atoms with Crippen LogP contribution in [0.2, 0.25) is 0 Å². The topological polar surface area (TPSA) is 92.6 Å². The van der Waals surface area contributed by atoms with Crippen LogP contribution in [-0.2, 0) is 0 Å². The van der Waals surface area contributed by atoms with Gasteiger partial charge in [-0.15, -0.1) is 0 Å². The lowest BCUT2D eigenvalue weighted by atomic mass is 10.0. The third-order valence-electron chi connectivity index (χ3n) is 4.10. The van der Waals surface area contributed by atoms with Crippen molar-refractivity contribution in [3.05, 3.63) is 53.6 Å². The number of aromatic carboxylic acids is 1. The van der Waals surface area contributed by atoms with Crippen LogP contribution in [0.25, 0.3) is 0 Å². The van der Waals surface area contributed by atoms with E-state index in [9.17, 15) is 9.59 Å². The number of hydrogen-bond donors (Lipinski definition) is 1. The Balaban J connectivity index is 1.81. The maximum Gasteiger partial charge on any atom is 0.356 e. The molecule has 0 bridgehead atoms. The predicted octanol–water partition coefficient (Wildman–Crippen LogP) is 2.16. The number of benzene rings is 1. The average molecular weight is 327 g/mol. The first-order chi connectivity index (χ1) is 11.6. The third-order valence-corrected chi connectivity index (χ3v) is 4.10. The number of nitrogens with zero attached hydrogens (tertiary/aromatic N) is 3. The fourth-order valence-electron chi connectivity index (χ4n) is 2.88. The molecule has 0 spiro atoms. The molecular weight excluding hydrogens is 310 g/mol. The maximum absolute atomic E-state index is 12.7. The number of ether oxygens (including phenoxy) is 1. The first kappa shape index (κ1) is 15.9. The van der Waals surface area contributed by atoms with E-state index in [1.54, 1.807) is 12.0 Å². The number of hydrogen-bond acceptors (Lipinski definition) is 5. The van der Waals surface area contributed by atoms with Crippen LogP contribution in [0.15, 0.2) is 36.7 Å². The van der Waals surface area contributed by atoms with Gasteiger partial charge in [-0.2, -0.15) is 0 Å². The van der Waals surface area contributed by atoms with Crippen molar-refractivity contribution in [3.8, 4) is 5.75 Å². The van der Waals surface area contributed by atoms with Crippen molar-refractivity contribution < 1.29 is 19.4 Å². The lowest BCUT2D eigenvalue weighted by Gasteiger charge is -2.24. The molecule has 124 valence electrons. The molecule has 1 aromatic carbocycles. The Morgan fingerprint density at radius 3 is 2.42 bits per heavy atom. The van der Waals surface area contributed by atoms with Crippen LogP contribution in [0.3, 0.4) is 0 Å². The third kappa shape index (κ3) is 3.05. The SMILES string of the molecule is COc1ccc(C2CCCN2C(=O)c2cnc(C(=O)O)cn2)cc1. The Bertz CT molecular complexity index is 743. The second-order valence-corrected chi connectivity index (χ2v) is 5.52. The number of carbonyl (C=O) groups is 2. The number of carbonyl (C=O) groups excluding carboxylic acids is 1. The van der Waals surface area contributed by atoms with Crippen molar-refractivity contribution in [2.75, 3.05) is 13.7 Å². The van der Waals surface area contributed by atoms with Gasteiger partial charge >= 0.3 is 5.97 Å². The van der Waals surface area contributed by atoms with E-state index in [1.807, 2.05) is 24.3 Å². The van der Waals surface area contributed by atoms with E-state index in [4.69, 9.17) is 9.84 Å². The molecule has 0 aliphatic carbocycles. The molecule has 0 radical (unpaired) electrons. The van der Waals surface area contributed by atoms with Crippen molar-refractivity contribution >= 4 is 11.9 Å². The van der Waals surface area contributed by atoms with Crippen LogP contribution in [-0.4, -0.2) is 45.5 Å². The molecule has 1 amide bonds. The monoisotopic (exact) mass is 327 g/mol. The van der Waals surface area contributed by atoms with Crippen LogP contribution in [0.1, 0.15) is 45.4 Å². The summed E-state index contributed by atoms with van der Waals surface area (Å²) >= 11 is 0. The fraction of sp³-hybridized carbons (Fsp3) is 0.294. The van der Waals surface area contributed by atoms with Gasteiger partial charge in [0.05, 0.1) is 25.5 Å². The van der Waals surface area contributed by atoms with Gasteiger partial charge in [-0.25, -0.2) is 14.8 Å². The first-order valence-electron chi connectivity index (χ1n) is 7.60. The maximum atomic E-state index is 12.7. The van der Waals surface area contributed by atoms with Gasteiger partial charge in [-0.05, 0) is 30.5 Å². The molecule has 7 nitrogen and oxygen atoms in total. The van der Waals surface area contributed by atoms with Crippen molar-refractivity contribution in [1.82, 2.24) is 14.9 Å². The summed E-state index contributed by atoms with van der Waals surface area (Å²) in [5, 5.41) is 8.85. The van der Waals surface area contributed by atoms with Gasteiger partial charge in [-0.1, -0.05) is 12.1 Å². The summed E-state index contributed by atoms with van der Waals surface area (Å²) in [4.78, 5) is 33.0. The summed E-state index contributed by atoms with van der Waals surface area (Å²) < 4.78 is 5.16. The summed E-state index contributed by atoms with van der Waals surface area (Å²) in [6.45, 7) is 0.637. The molecule has 1 atom stereocenters. The molecule has 2 heterocycles. The number of methoxy groups -OCH3 is 1. The van der Waals surface area contributed by atoms with Crippen molar-refractivity contribution in [2.45, 2.75) is 18.9 Å². The Morgan fingerprint density at radius 1 is 1.17 bits per heavy atom. The van der Waals surface area contributed by atoms with E-state index in [2.05, 4.69) is 9.97 Å². The zero-order valence-corrected chi connectivity index (χ0v) is 13.2. The highest BCUT2D eigenvalue weighted by molar-refractivity contribution is 5.93. The standard InChI is InChI=1S/C17H17N3O4/c1-24-12-6-4-11(5-7-12)15-3-2-8-20(15)16(21)13-9-19-14(10-18-13)17(22)23/h4-7,9-10,15H,2-3,8H2,1H3,(H,22,23). The van der Waals surface area contributed by atoms with Gasteiger partial charge in [0.1, 0.15) is 11.4 Å². The molecule has 3 rings (SSSR count). The first-order valence-corrected chi connectivity index (χ1v) is 7.60. The van der Waals surface area contributed by atoms with Gasteiger partial charge in [-0.3, -0.25) is 4.79 Å². The molecule has 24 heavy (non-hydrogen) atoms. The minimum atomic E-state index is -1.17. The number of aromatic nitrogens is 2. The van der Waals surface area contributed by atoms with Gasteiger partial charge < -0.3 is 14.7 Å². The van der Waals surface area contributed by atoms with E-state index in [-0.39, 0.29) is 23.3 Å². The fourth-order valence-corrected chi connectivity index (χ4v) is 2.88. The van der Waals surface area contributed by atoms with E-state index in [1.165, 1.54) is 6.20 Å². The highest BCUT2D eigenvalue weighted by Gasteiger charge is 2.31. The molecule has 7 heteroatoms. The number of amides is 1. The summed E-state index contributed by atoms with van der Waals surface area (Å²) in [5.74, 6) is -0.638. The molecule has 1 aromatic heterocycles. The summed E-state index contributed by atoms with van der Waals surface area (Å²) in [6, 6.07) is 7.63. The summed E-state index contributed by atoms with van der Waals surface area (Å²) in [6.07, 6.45) is 4.10. The lowest BCUT2D eigenvalue weighted by Crippen LogP contribution is -2.31. The summed E-state index contributed by atoms with van der Waals surface area (Å²) in [5.41, 5.74) is 1.01. The van der Waals surface area contributed by atoms with Crippen LogP contribution < -0.4 is 4.74 Å². The largest absolute Gasteiger partial charge is 0.497 e. The van der Waals surface area contributed by atoms with Crippen LogP contribution >= 0.6 is 0 Å². The van der Waals surface area contributed by atoms with Crippen molar-refractivity contribution in [3.63, 3.8) is 0 Å². The number of carboxylic acids is 1. The highest BCUT2D eigenvalue weighted by Crippen LogP contribution is 2.33. The van der Waals surface area contributed by atoms with Gasteiger partial charge in [0.2, 0.25) is 0 Å². The minimum Gasteiger partial charge on any atom is -0.497 e. The highest BCUT2D eigenvalue weighted by atomic mass is 16.5. The van der Waals surface area contributed by atoms with Gasteiger partial charge in [0, 0.05) is 6.54 Å². The molecular formula is C17H17N3O4. The van der Waals surface area contributed by atoms with Crippen LogP contribution in [0.5, 0.6) is 5.75 Å². The molecule has 2 aromatic rings. The Hall–Kier alpha value is -2.96. The van der Waals surface area contributed by atoms with Gasteiger partial charge in [0.15, 0.2) is 5.69 Å². The number of rotatable bonds is 4. The molecule has 1 fully saturated rings. The van der Waals surface area contributed by atoms with Crippen molar-refractivity contribution in [2.24, 2.45) is 0 Å². The number of likely N-dealkylation sites (tertiary alicyclic amines) is 1. The average Bonchev–Trinajstić information content (AvgIpc) is 3.11.